The van der Waals surface area contributed by atoms with Crippen LogP contribution in [-0.2, 0) is 9.59 Å². The van der Waals surface area contributed by atoms with Gasteiger partial charge in [0.2, 0.25) is 5.91 Å². The van der Waals surface area contributed by atoms with Crippen molar-refractivity contribution in [2.45, 2.75) is 26.3 Å². The molecule has 0 bridgehead atoms. The van der Waals surface area contributed by atoms with Gasteiger partial charge < -0.3 is 10.4 Å². The van der Waals surface area contributed by atoms with Crippen molar-refractivity contribution < 1.29 is 14.7 Å². The molecule has 0 aliphatic rings. The van der Waals surface area contributed by atoms with Gasteiger partial charge in [-0.25, -0.2) is 0 Å². The Hall–Kier alpha value is -1.84. The first kappa shape index (κ1) is 12.2. The van der Waals surface area contributed by atoms with E-state index in [1.54, 1.807) is 0 Å². The molecule has 1 atom stereocenters. The second kappa shape index (κ2) is 5.30. The van der Waals surface area contributed by atoms with E-state index < -0.39 is 12.0 Å². The van der Waals surface area contributed by atoms with E-state index in [1.807, 2.05) is 31.2 Å². The normalized spacial score (nSPS) is 11.9. The Bertz CT molecular complexity index is 368. The van der Waals surface area contributed by atoms with Crippen molar-refractivity contribution in [3.05, 3.63) is 35.4 Å². The van der Waals surface area contributed by atoms with Crippen LogP contribution in [0.15, 0.2) is 24.3 Å². The summed E-state index contributed by atoms with van der Waals surface area (Å²) in [6, 6.07) is 6.99. The summed E-state index contributed by atoms with van der Waals surface area (Å²) in [5, 5.41) is 11.4. The van der Waals surface area contributed by atoms with Crippen LogP contribution in [0, 0.1) is 6.92 Å². The number of carbonyl (C=O) groups excluding carboxylic acids is 1. The lowest BCUT2D eigenvalue weighted by molar-refractivity contribution is -0.137. The third-order valence-corrected chi connectivity index (χ3v) is 2.24. The van der Waals surface area contributed by atoms with Gasteiger partial charge in [-0.1, -0.05) is 29.8 Å². The summed E-state index contributed by atoms with van der Waals surface area (Å²) in [5.41, 5.74) is 1.91. The third kappa shape index (κ3) is 3.73. The number of aliphatic carboxylic acids is 1. The predicted molar refractivity (Wildman–Crippen MR) is 60.0 cm³/mol. The number of rotatable bonds is 4. The molecule has 0 spiro atoms. The lowest BCUT2D eigenvalue weighted by Crippen LogP contribution is -2.27. The topological polar surface area (TPSA) is 66.4 Å². The van der Waals surface area contributed by atoms with E-state index in [0.717, 1.165) is 11.1 Å². The standard InChI is InChI=1S/C12H15NO3/c1-8-3-5-10(6-4-8)11(7-12(15)16)13-9(2)14/h3-6,11H,7H2,1-2H3,(H,13,14)(H,15,16)/t11-/m0/s1. The van der Waals surface area contributed by atoms with Gasteiger partial charge in [0.05, 0.1) is 12.5 Å². The van der Waals surface area contributed by atoms with Crippen LogP contribution in [0.3, 0.4) is 0 Å². The number of amides is 1. The lowest BCUT2D eigenvalue weighted by atomic mass is 10.0. The smallest absolute Gasteiger partial charge is 0.305 e. The predicted octanol–water partition coefficient (Wildman–Crippen LogP) is 1.65. The Morgan fingerprint density at radius 3 is 2.31 bits per heavy atom. The Morgan fingerprint density at radius 2 is 1.88 bits per heavy atom. The number of benzene rings is 1. The fraction of sp³-hybridized carbons (Fsp3) is 0.333. The summed E-state index contributed by atoms with van der Waals surface area (Å²) in [4.78, 5) is 21.7. The lowest BCUT2D eigenvalue weighted by Gasteiger charge is -2.16. The van der Waals surface area contributed by atoms with Crippen LogP contribution >= 0.6 is 0 Å². The first-order valence-electron chi connectivity index (χ1n) is 5.04. The van der Waals surface area contributed by atoms with E-state index in [4.69, 9.17) is 5.11 Å². The number of carboxylic acids is 1. The summed E-state index contributed by atoms with van der Waals surface area (Å²) in [6.45, 7) is 3.33. The molecule has 0 saturated carbocycles. The van der Waals surface area contributed by atoms with Gasteiger partial charge >= 0.3 is 5.97 Å². The average molecular weight is 221 g/mol. The highest BCUT2D eigenvalue weighted by Gasteiger charge is 2.15. The van der Waals surface area contributed by atoms with Crippen LogP contribution in [0.5, 0.6) is 0 Å². The third-order valence-electron chi connectivity index (χ3n) is 2.24. The van der Waals surface area contributed by atoms with E-state index in [9.17, 15) is 9.59 Å². The fourth-order valence-electron chi connectivity index (χ4n) is 1.47. The van der Waals surface area contributed by atoms with Crippen molar-refractivity contribution in [3.63, 3.8) is 0 Å². The molecule has 0 aromatic heterocycles. The second-order valence-electron chi connectivity index (χ2n) is 3.76. The molecule has 0 aliphatic carbocycles. The Balaban J connectivity index is 2.86. The van der Waals surface area contributed by atoms with Gasteiger partial charge in [0.15, 0.2) is 0 Å². The number of carboxylic acid groups (broad SMARTS) is 1. The monoisotopic (exact) mass is 221 g/mol. The average Bonchev–Trinajstić information content (AvgIpc) is 2.16. The van der Waals surface area contributed by atoms with Crippen LogP contribution in [0.2, 0.25) is 0 Å². The fourth-order valence-corrected chi connectivity index (χ4v) is 1.47. The second-order valence-corrected chi connectivity index (χ2v) is 3.76. The molecule has 0 aliphatic heterocycles. The summed E-state index contributed by atoms with van der Waals surface area (Å²) >= 11 is 0. The summed E-state index contributed by atoms with van der Waals surface area (Å²) < 4.78 is 0. The first-order chi connectivity index (χ1) is 7.49. The van der Waals surface area contributed by atoms with Gasteiger partial charge in [0, 0.05) is 6.92 Å². The van der Waals surface area contributed by atoms with E-state index in [1.165, 1.54) is 6.92 Å². The number of hydrogen-bond acceptors (Lipinski definition) is 2. The number of hydrogen-bond donors (Lipinski definition) is 2. The minimum atomic E-state index is -0.931. The molecule has 0 radical (unpaired) electrons. The molecule has 4 nitrogen and oxygen atoms in total. The molecule has 1 aromatic rings. The van der Waals surface area contributed by atoms with E-state index in [-0.39, 0.29) is 12.3 Å². The van der Waals surface area contributed by atoms with Crippen molar-refractivity contribution in [2.75, 3.05) is 0 Å². The number of aryl methyl sites for hydroxylation is 1. The zero-order valence-corrected chi connectivity index (χ0v) is 9.36. The number of nitrogens with one attached hydrogen (secondary N) is 1. The molecular formula is C12H15NO3. The van der Waals surface area contributed by atoms with Crippen molar-refractivity contribution >= 4 is 11.9 Å². The molecular weight excluding hydrogens is 206 g/mol. The van der Waals surface area contributed by atoms with Crippen molar-refractivity contribution in [1.82, 2.24) is 5.32 Å². The summed E-state index contributed by atoms with van der Waals surface area (Å²) in [5.74, 6) is -1.16. The van der Waals surface area contributed by atoms with Gasteiger partial charge in [-0.15, -0.1) is 0 Å². The molecule has 16 heavy (non-hydrogen) atoms. The highest BCUT2D eigenvalue weighted by Crippen LogP contribution is 2.17. The van der Waals surface area contributed by atoms with Gasteiger partial charge in [-0.05, 0) is 12.5 Å². The molecule has 0 heterocycles. The van der Waals surface area contributed by atoms with E-state index in [0.29, 0.717) is 0 Å². The maximum absolute atomic E-state index is 11.0. The maximum atomic E-state index is 11.0. The van der Waals surface area contributed by atoms with Crippen LogP contribution in [0.4, 0.5) is 0 Å². The van der Waals surface area contributed by atoms with Crippen molar-refractivity contribution in [1.29, 1.82) is 0 Å². The highest BCUT2D eigenvalue weighted by atomic mass is 16.4. The largest absolute Gasteiger partial charge is 0.481 e. The quantitative estimate of drug-likeness (QED) is 0.812. The summed E-state index contributed by atoms with van der Waals surface area (Å²) in [6.07, 6.45) is -0.108. The molecule has 0 saturated heterocycles. The molecule has 0 fully saturated rings. The van der Waals surface area contributed by atoms with Crippen LogP contribution < -0.4 is 5.32 Å². The highest BCUT2D eigenvalue weighted by molar-refractivity contribution is 5.75. The molecule has 4 heteroatoms. The van der Waals surface area contributed by atoms with Crippen molar-refractivity contribution in [3.8, 4) is 0 Å². The minimum Gasteiger partial charge on any atom is -0.481 e. The Morgan fingerprint density at radius 1 is 1.31 bits per heavy atom. The molecule has 0 unspecified atom stereocenters. The minimum absolute atomic E-state index is 0.108. The Labute approximate surface area is 94.3 Å². The summed E-state index contributed by atoms with van der Waals surface area (Å²) in [7, 11) is 0. The van der Waals surface area contributed by atoms with Crippen molar-refractivity contribution in [2.24, 2.45) is 0 Å². The molecule has 1 rings (SSSR count). The first-order valence-corrected chi connectivity index (χ1v) is 5.04. The van der Waals surface area contributed by atoms with Crippen LogP contribution in [0.25, 0.3) is 0 Å². The zero-order valence-electron chi connectivity index (χ0n) is 9.36. The maximum Gasteiger partial charge on any atom is 0.305 e. The Kier molecular flexibility index (Phi) is 4.05. The van der Waals surface area contributed by atoms with E-state index >= 15 is 0 Å². The van der Waals surface area contributed by atoms with Crippen LogP contribution in [0.1, 0.15) is 30.5 Å². The molecule has 1 amide bonds. The number of carbonyl (C=O) groups is 2. The molecule has 1 aromatic carbocycles. The zero-order chi connectivity index (χ0) is 12.1. The van der Waals surface area contributed by atoms with Gasteiger partial charge in [-0.3, -0.25) is 9.59 Å². The van der Waals surface area contributed by atoms with Gasteiger partial charge in [0.25, 0.3) is 0 Å². The van der Waals surface area contributed by atoms with Crippen LogP contribution in [-0.4, -0.2) is 17.0 Å². The SMILES string of the molecule is CC(=O)N[C@@H](CC(=O)O)c1ccc(C)cc1. The molecule has 86 valence electrons. The van der Waals surface area contributed by atoms with Gasteiger partial charge in [0.1, 0.15) is 0 Å². The van der Waals surface area contributed by atoms with Gasteiger partial charge in [-0.2, -0.15) is 0 Å². The van der Waals surface area contributed by atoms with E-state index in [2.05, 4.69) is 5.32 Å². The molecule has 2 N–H and O–H groups in total.